The Hall–Kier alpha value is -1.26. The number of benzene rings is 1. The number of nitrogens with two attached hydrogens (primary N) is 1. The number of amides is 1. The second kappa shape index (κ2) is 5.38. The summed E-state index contributed by atoms with van der Waals surface area (Å²) in [6.45, 7) is 2.58. The van der Waals surface area contributed by atoms with E-state index in [1.807, 2.05) is 0 Å². The van der Waals surface area contributed by atoms with Crippen LogP contribution in [0.1, 0.15) is 16.8 Å². The molecule has 1 amide bonds. The van der Waals surface area contributed by atoms with Crippen LogP contribution in [0.15, 0.2) is 18.2 Å². The Kier molecular flexibility index (Phi) is 3.86. The van der Waals surface area contributed by atoms with Gasteiger partial charge in [0.1, 0.15) is 0 Å². The molecule has 0 atom stereocenters. The van der Waals surface area contributed by atoms with Crippen LogP contribution in [0.25, 0.3) is 0 Å². The van der Waals surface area contributed by atoms with E-state index in [1.54, 1.807) is 23.1 Å². The lowest BCUT2D eigenvalue weighted by Crippen LogP contribution is -2.33. The van der Waals surface area contributed by atoms with Crippen molar-refractivity contribution in [1.29, 1.82) is 0 Å². The van der Waals surface area contributed by atoms with E-state index in [0.29, 0.717) is 42.6 Å². The standard InChI is InChI=1S/C12H15ClN2O2/c13-9-2-3-11(14)10(8-9)12(16)15-4-1-6-17-7-5-15/h2-3,8H,1,4-7,14H2. The number of hydrogen-bond acceptors (Lipinski definition) is 3. The van der Waals surface area contributed by atoms with Crippen molar-refractivity contribution >= 4 is 23.2 Å². The summed E-state index contributed by atoms with van der Waals surface area (Å²) >= 11 is 5.88. The van der Waals surface area contributed by atoms with Crippen molar-refractivity contribution in [3.63, 3.8) is 0 Å². The molecule has 0 bridgehead atoms. The van der Waals surface area contributed by atoms with Gasteiger partial charge in [-0.1, -0.05) is 11.6 Å². The number of halogens is 1. The summed E-state index contributed by atoms with van der Waals surface area (Å²) in [5.74, 6) is -0.0736. The van der Waals surface area contributed by atoms with Crippen LogP contribution >= 0.6 is 11.6 Å². The third kappa shape index (κ3) is 2.90. The molecular weight excluding hydrogens is 240 g/mol. The number of carbonyl (C=O) groups is 1. The summed E-state index contributed by atoms with van der Waals surface area (Å²) in [6, 6.07) is 4.95. The van der Waals surface area contributed by atoms with Crippen molar-refractivity contribution in [3.8, 4) is 0 Å². The summed E-state index contributed by atoms with van der Waals surface area (Å²) in [4.78, 5) is 14.0. The molecule has 1 aromatic carbocycles. The molecule has 1 aromatic rings. The van der Waals surface area contributed by atoms with Crippen molar-refractivity contribution in [3.05, 3.63) is 28.8 Å². The Morgan fingerprint density at radius 3 is 3.00 bits per heavy atom. The van der Waals surface area contributed by atoms with Gasteiger partial charge in [-0.15, -0.1) is 0 Å². The van der Waals surface area contributed by atoms with Gasteiger partial charge in [0.2, 0.25) is 0 Å². The highest BCUT2D eigenvalue weighted by atomic mass is 35.5. The second-order valence-electron chi connectivity index (χ2n) is 3.99. The first kappa shape index (κ1) is 12.2. The molecule has 0 aliphatic carbocycles. The Labute approximate surface area is 105 Å². The number of carbonyl (C=O) groups excluding carboxylic acids is 1. The average Bonchev–Trinajstić information content (AvgIpc) is 2.60. The van der Waals surface area contributed by atoms with Gasteiger partial charge in [-0.2, -0.15) is 0 Å². The van der Waals surface area contributed by atoms with Crippen molar-refractivity contribution in [2.75, 3.05) is 32.0 Å². The Morgan fingerprint density at radius 2 is 2.18 bits per heavy atom. The predicted molar refractivity (Wildman–Crippen MR) is 67.2 cm³/mol. The number of hydrogen-bond donors (Lipinski definition) is 1. The fraction of sp³-hybridized carbons (Fsp3) is 0.417. The fourth-order valence-electron chi connectivity index (χ4n) is 1.83. The number of rotatable bonds is 1. The molecule has 0 radical (unpaired) electrons. The Balaban J connectivity index is 2.20. The molecule has 4 nitrogen and oxygen atoms in total. The minimum Gasteiger partial charge on any atom is -0.398 e. The minimum absolute atomic E-state index is 0.0736. The molecule has 0 unspecified atom stereocenters. The van der Waals surface area contributed by atoms with Gasteiger partial charge in [-0.3, -0.25) is 4.79 Å². The topological polar surface area (TPSA) is 55.6 Å². The van der Waals surface area contributed by atoms with Crippen LogP contribution in [0.3, 0.4) is 0 Å². The van der Waals surface area contributed by atoms with E-state index in [9.17, 15) is 4.79 Å². The summed E-state index contributed by atoms with van der Waals surface area (Å²) in [5, 5.41) is 0.522. The van der Waals surface area contributed by atoms with E-state index in [4.69, 9.17) is 22.1 Å². The molecule has 0 aromatic heterocycles. The predicted octanol–water partition coefficient (Wildman–Crippen LogP) is 1.78. The van der Waals surface area contributed by atoms with E-state index < -0.39 is 0 Å². The first-order valence-electron chi connectivity index (χ1n) is 5.60. The fourth-order valence-corrected chi connectivity index (χ4v) is 2.01. The molecule has 1 fully saturated rings. The number of nitrogens with zero attached hydrogens (tertiary/aromatic N) is 1. The normalized spacial score (nSPS) is 16.6. The molecular formula is C12H15ClN2O2. The van der Waals surface area contributed by atoms with Gasteiger partial charge in [0.25, 0.3) is 5.91 Å². The molecule has 0 spiro atoms. The lowest BCUT2D eigenvalue weighted by Gasteiger charge is -2.20. The summed E-state index contributed by atoms with van der Waals surface area (Å²) in [7, 11) is 0. The third-order valence-corrected chi connectivity index (χ3v) is 2.99. The zero-order valence-electron chi connectivity index (χ0n) is 9.49. The summed E-state index contributed by atoms with van der Waals surface area (Å²) in [6.07, 6.45) is 0.853. The van der Waals surface area contributed by atoms with Gasteiger partial charge in [0.05, 0.1) is 12.2 Å². The van der Waals surface area contributed by atoms with Crippen LogP contribution in [-0.4, -0.2) is 37.1 Å². The Morgan fingerprint density at radius 1 is 1.35 bits per heavy atom. The first-order chi connectivity index (χ1) is 8.18. The molecule has 92 valence electrons. The SMILES string of the molecule is Nc1ccc(Cl)cc1C(=O)N1CCCOCC1. The average molecular weight is 255 g/mol. The van der Waals surface area contributed by atoms with Crippen LogP contribution in [0.5, 0.6) is 0 Å². The van der Waals surface area contributed by atoms with Crippen molar-refractivity contribution in [1.82, 2.24) is 4.90 Å². The van der Waals surface area contributed by atoms with Gasteiger partial charge in [0.15, 0.2) is 0 Å². The zero-order valence-corrected chi connectivity index (χ0v) is 10.2. The maximum atomic E-state index is 12.3. The Bertz CT molecular complexity index is 415. The molecule has 1 aliphatic heterocycles. The summed E-state index contributed by atoms with van der Waals surface area (Å²) in [5.41, 5.74) is 6.73. The van der Waals surface area contributed by atoms with E-state index in [2.05, 4.69) is 0 Å². The second-order valence-corrected chi connectivity index (χ2v) is 4.43. The third-order valence-electron chi connectivity index (χ3n) is 2.76. The molecule has 0 saturated carbocycles. The molecule has 1 heterocycles. The van der Waals surface area contributed by atoms with Crippen molar-refractivity contribution < 1.29 is 9.53 Å². The summed E-state index contributed by atoms with van der Waals surface area (Å²) < 4.78 is 5.31. The monoisotopic (exact) mass is 254 g/mol. The smallest absolute Gasteiger partial charge is 0.256 e. The van der Waals surface area contributed by atoms with Gasteiger partial charge in [-0.05, 0) is 24.6 Å². The van der Waals surface area contributed by atoms with Crippen LogP contribution in [-0.2, 0) is 4.74 Å². The largest absolute Gasteiger partial charge is 0.398 e. The lowest BCUT2D eigenvalue weighted by atomic mass is 10.1. The van der Waals surface area contributed by atoms with Gasteiger partial charge in [0, 0.05) is 30.4 Å². The highest BCUT2D eigenvalue weighted by Crippen LogP contribution is 2.20. The molecule has 2 rings (SSSR count). The van der Waals surface area contributed by atoms with Crippen LogP contribution < -0.4 is 5.73 Å². The van der Waals surface area contributed by atoms with Crippen molar-refractivity contribution in [2.45, 2.75) is 6.42 Å². The van der Waals surface area contributed by atoms with Gasteiger partial charge >= 0.3 is 0 Å². The van der Waals surface area contributed by atoms with Crippen molar-refractivity contribution in [2.24, 2.45) is 0 Å². The maximum absolute atomic E-state index is 12.3. The quantitative estimate of drug-likeness (QED) is 0.778. The van der Waals surface area contributed by atoms with E-state index in [-0.39, 0.29) is 5.91 Å². The molecule has 1 aliphatic rings. The van der Waals surface area contributed by atoms with E-state index in [0.717, 1.165) is 6.42 Å². The van der Waals surface area contributed by atoms with Gasteiger partial charge < -0.3 is 15.4 Å². The van der Waals surface area contributed by atoms with Crippen LogP contribution in [0, 0.1) is 0 Å². The minimum atomic E-state index is -0.0736. The maximum Gasteiger partial charge on any atom is 0.256 e. The highest BCUT2D eigenvalue weighted by molar-refractivity contribution is 6.31. The zero-order chi connectivity index (χ0) is 12.3. The highest BCUT2D eigenvalue weighted by Gasteiger charge is 2.19. The van der Waals surface area contributed by atoms with Crippen LogP contribution in [0.2, 0.25) is 5.02 Å². The van der Waals surface area contributed by atoms with Gasteiger partial charge in [-0.25, -0.2) is 0 Å². The molecule has 5 heteroatoms. The molecule has 17 heavy (non-hydrogen) atoms. The lowest BCUT2D eigenvalue weighted by molar-refractivity contribution is 0.0742. The van der Waals surface area contributed by atoms with E-state index >= 15 is 0 Å². The number of nitrogen functional groups attached to an aromatic ring is 1. The number of ether oxygens (including phenoxy) is 1. The van der Waals surface area contributed by atoms with Crippen LogP contribution in [0.4, 0.5) is 5.69 Å². The number of anilines is 1. The molecule has 1 saturated heterocycles. The first-order valence-corrected chi connectivity index (χ1v) is 5.98. The molecule has 2 N–H and O–H groups in total. The van der Waals surface area contributed by atoms with E-state index in [1.165, 1.54) is 0 Å².